The second-order valence-corrected chi connectivity index (χ2v) is 9.15. The average molecular weight is 483 g/mol. The van der Waals surface area contributed by atoms with E-state index in [1.165, 1.54) is 0 Å². The van der Waals surface area contributed by atoms with Gasteiger partial charge in [0.2, 0.25) is 0 Å². The van der Waals surface area contributed by atoms with E-state index in [-0.39, 0.29) is 30.4 Å². The highest BCUT2D eigenvalue weighted by Gasteiger charge is 2.46. The van der Waals surface area contributed by atoms with E-state index in [2.05, 4.69) is 6.92 Å². The van der Waals surface area contributed by atoms with Crippen LogP contribution in [-0.2, 0) is 19.0 Å². The lowest BCUT2D eigenvalue weighted by atomic mass is 9.89. The first-order valence-corrected chi connectivity index (χ1v) is 12.3. The molecular weight excluding hydrogens is 452 g/mol. The van der Waals surface area contributed by atoms with Crippen LogP contribution in [0.4, 0.5) is 0 Å². The molecule has 2 aromatic rings. The van der Waals surface area contributed by atoms with Crippen molar-refractivity contribution in [1.82, 2.24) is 0 Å². The third-order valence-electron chi connectivity index (χ3n) is 6.34. The molecule has 3 aliphatic rings. The van der Waals surface area contributed by atoms with E-state index in [0.717, 1.165) is 38.7 Å². The summed E-state index contributed by atoms with van der Waals surface area (Å²) in [7, 11) is 0. The number of ether oxygens (including phenoxy) is 6. The quantitative estimate of drug-likeness (QED) is 0.202. The van der Waals surface area contributed by atoms with E-state index in [1.54, 1.807) is 48.5 Å². The summed E-state index contributed by atoms with van der Waals surface area (Å²) in [6, 6.07) is 13.2. The van der Waals surface area contributed by atoms with E-state index in [4.69, 9.17) is 28.4 Å². The van der Waals surface area contributed by atoms with Crippen LogP contribution in [0.15, 0.2) is 48.5 Å². The van der Waals surface area contributed by atoms with Gasteiger partial charge in [0.1, 0.15) is 23.4 Å². The molecule has 0 aromatic heterocycles. The maximum atomic E-state index is 12.5. The van der Waals surface area contributed by atoms with Crippen molar-refractivity contribution in [2.24, 2.45) is 5.92 Å². The molecule has 35 heavy (non-hydrogen) atoms. The van der Waals surface area contributed by atoms with Crippen LogP contribution in [0, 0.1) is 5.92 Å². The first-order chi connectivity index (χ1) is 17.1. The van der Waals surface area contributed by atoms with Crippen LogP contribution in [0.5, 0.6) is 17.2 Å². The molecule has 5 rings (SSSR count). The summed E-state index contributed by atoms with van der Waals surface area (Å²) in [5.74, 6) is 0.546. The van der Waals surface area contributed by atoms with Gasteiger partial charge in [0.25, 0.3) is 0 Å². The average Bonchev–Trinajstić information content (AvgIpc) is 3.79. The van der Waals surface area contributed by atoms with Crippen molar-refractivity contribution >= 4 is 11.9 Å². The van der Waals surface area contributed by atoms with Crippen LogP contribution in [0.1, 0.15) is 49.4 Å². The van der Waals surface area contributed by atoms with Crippen molar-refractivity contribution in [3.8, 4) is 17.2 Å². The number of benzene rings is 2. The molecule has 8 heteroatoms. The Bertz CT molecular complexity index is 1010. The van der Waals surface area contributed by atoms with Crippen molar-refractivity contribution in [2.45, 2.75) is 63.6 Å². The number of hydrogen-bond donors (Lipinski definition) is 0. The monoisotopic (exact) mass is 482 g/mol. The largest absolute Gasteiger partial charge is 0.465 e. The Balaban J connectivity index is 1.10. The molecule has 0 spiro atoms. The lowest BCUT2D eigenvalue weighted by molar-refractivity contribution is -0.139. The molecule has 1 aliphatic carbocycles. The van der Waals surface area contributed by atoms with Crippen molar-refractivity contribution < 1.29 is 38.0 Å². The Morgan fingerprint density at radius 2 is 1.63 bits per heavy atom. The molecule has 2 saturated heterocycles. The van der Waals surface area contributed by atoms with Gasteiger partial charge in [0.05, 0.1) is 36.9 Å². The second-order valence-electron chi connectivity index (χ2n) is 9.15. The number of fused-ring (bicyclic) bond motifs is 1. The van der Waals surface area contributed by atoms with Gasteiger partial charge < -0.3 is 28.4 Å². The number of hydrogen-bond acceptors (Lipinski definition) is 8. The van der Waals surface area contributed by atoms with Gasteiger partial charge in [-0.05, 0) is 67.8 Å². The summed E-state index contributed by atoms with van der Waals surface area (Å²) in [6.45, 7) is 3.32. The summed E-state index contributed by atoms with van der Waals surface area (Å²) in [6.07, 6.45) is 4.50. The second kappa shape index (κ2) is 10.8. The van der Waals surface area contributed by atoms with Crippen LogP contribution < -0.4 is 14.2 Å². The maximum absolute atomic E-state index is 12.5. The Labute approximate surface area is 204 Å². The molecular formula is C27H30O8. The fraction of sp³-hybridized carbons (Fsp3) is 0.481. The zero-order chi connectivity index (χ0) is 24.2. The van der Waals surface area contributed by atoms with Gasteiger partial charge in [-0.3, -0.25) is 4.79 Å². The number of rotatable bonds is 11. The topological polar surface area (TPSA) is 96.1 Å². The predicted octanol–water partition coefficient (Wildman–Crippen LogP) is 4.30. The summed E-state index contributed by atoms with van der Waals surface area (Å²) in [5, 5.41) is 0. The molecule has 2 heterocycles. The molecule has 2 aliphatic heterocycles. The van der Waals surface area contributed by atoms with Crippen LogP contribution in [0.2, 0.25) is 0 Å². The van der Waals surface area contributed by atoms with Crippen molar-refractivity contribution in [1.29, 1.82) is 0 Å². The van der Waals surface area contributed by atoms with Gasteiger partial charge in [-0.25, -0.2) is 4.79 Å². The zero-order valence-electron chi connectivity index (χ0n) is 19.7. The van der Waals surface area contributed by atoms with Crippen molar-refractivity contribution in [3.63, 3.8) is 0 Å². The van der Waals surface area contributed by atoms with Crippen LogP contribution in [0.3, 0.4) is 0 Å². The lowest BCUT2D eigenvalue weighted by Crippen LogP contribution is -2.25. The molecule has 186 valence electrons. The van der Waals surface area contributed by atoms with Crippen LogP contribution >= 0.6 is 0 Å². The Morgan fingerprint density at radius 3 is 2.29 bits per heavy atom. The number of esters is 2. The molecule has 2 aromatic carbocycles. The Kier molecular flexibility index (Phi) is 7.32. The zero-order valence-corrected chi connectivity index (χ0v) is 19.7. The van der Waals surface area contributed by atoms with Crippen LogP contribution in [-0.4, -0.2) is 49.8 Å². The minimum Gasteiger partial charge on any atom is -0.465 e. The summed E-state index contributed by atoms with van der Waals surface area (Å²) < 4.78 is 33.3. The first-order valence-electron chi connectivity index (χ1n) is 12.3. The third kappa shape index (κ3) is 6.60. The molecule has 1 saturated carbocycles. The highest BCUT2D eigenvalue weighted by Crippen LogP contribution is 2.40. The lowest BCUT2D eigenvalue weighted by Gasteiger charge is -2.18. The maximum Gasteiger partial charge on any atom is 0.343 e. The Hall–Kier alpha value is -2.94. The van der Waals surface area contributed by atoms with Crippen LogP contribution in [0.25, 0.3) is 0 Å². The van der Waals surface area contributed by atoms with Crippen molar-refractivity contribution in [2.75, 3.05) is 13.2 Å². The summed E-state index contributed by atoms with van der Waals surface area (Å²) in [5.41, 5.74) is 0.394. The first kappa shape index (κ1) is 23.8. The van der Waals surface area contributed by atoms with Crippen molar-refractivity contribution in [3.05, 3.63) is 54.1 Å². The van der Waals surface area contributed by atoms with Gasteiger partial charge >= 0.3 is 11.9 Å². The summed E-state index contributed by atoms with van der Waals surface area (Å²) in [4.78, 5) is 24.9. The standard InChI is InChI=1S/C27H30O8/c1-2-3-25(31-16-22-15-30-22)32-19-7-4-17(5-8-19)26(28)33-20-9-11-21(12-10-20)34-27(29)18-6-13-23-24(14-18)35-23/h4-5,7-12,18,22-25H,2-3,6,13-16H2,1H3. The summed E-state index contributed by atoms with van der Waals surface area (Å²) >= 11 is 0. The highest BCUT2D eigenvalue weighted by atomic mass is 16.7. The Morgan fingerprint density at radius 1 is 0.943 bits per heavy atom. The number of carbonyl (C=O) groups is 2. The third-order valence-corrected chi connectivity index (χ3v) is 6.34. The fourth-order valence-electron chi connectivity index (χ4n) is 4.17. The minimum absolute atomic E-state index is 0.126. The fourth-order valence-corrected chi connectivity index (χ4v) is 4.17. The molecule has 0 N–H and O–H groups in total. The van der Waals surface area contributed by atoms with E-state index in [1.807, 2.05) is 0 Å². The highest BCUT2D eigenvalue weighted by molar-refractivity contribution is 5.91. The number of epoxide rings is 2. The van der Waals surface area contributed by atoms with Gasteiger partial charge in [0.15, 0.2) is 6.29 Å². The van der Waals surface area contributed by atoms with E-state index in [9.17, 15) is 9.59 Å². The predicted molar refractivity (Wildman–Crippen MR) is 124 cm³/mol. The van der Waals surface area contributed by atoms with E-state index in [0.29, 0.717) is 35.5 Å². The van der Waals surface area contributed by atoms with Gasteiger partial charge in [0, 0.05) is 6.42 Å². The molecule has 3 fully saturated rings. The smallest absolute Gasteiger partial charge is 0.343 e. The number of carbonyl (C=O) groups excluding carboxylic acids is 2. The molecule has 8 nitrogen and oxygen atoms in total. The molecule has 0 radical (unpaired) electrons. The van der Waals surface area contributed by atoms with E-state index < -0.39 is 5.97 Å². The normalized spacial score (nSPS) is 25.2. The minimum atomic E-state index is -0.491. The molecule has 0 bridgehead atoms. The molecule has 5 unspecified atom stereocenters. The molecule has 5 atom stereocenters. The van der Waals surface area contributed by atoms with Gasteiger partial charge in [-0.1, -0.05) is 13.3 Å². The van der Waals surface area contributed by atoms with E-state index >= 15 is 0 Å². The van der Waals surface area contributed by atoms with Gasteiger partial charge in [-0.2, -0.15) is 0 Å². The van der Waals surface area contributed by atoms with Gasteiger partial charge in [-0.15, -0.1) is 0 Å². The SMILES string of the molecule is CCCC(OCC1CO1)Oc1ccc(C(=O)Oc2ccc(OC(=O)C3CCC4OC4C3)cc2)cc1. The molecule has 0 amide bonds.